The van der Waals surface area contributed by atoms with E-state index < -0.39 is 24.3 Å². The fourth-order valence-electron chi connectivity index (χ4n) is 1.64. The summed E-state index contributed by atoms with van der Waals surface area (Å²) in [6.45, 7) is 4.55. The minimum atomic E-state index is -1.07. The van der Waals surface area contributed by atoms with E-state index in [-0.39, 0.29) is 12.5 Å². The van der Waals surface area contributed by atoms with Crippen LogP contribution in [-0.4, -0.2) is 48.9 Å². The van der Waals surface area contributed by atoms with E-state index in [2.05, 4.69) is 5.32 Å². The molecule has 0 aliphatic carbocycles. The topological polar surface area (TPSA) is 105 Å². The lowest BCUT2D eigenvalue weighted by molar-refractivity contribution is -0.139. The molecule has 0 aliphatic rings. The number of nitrogens with one attached hydrogen (secondary N) is 1. The van der Waals surface area contributed by atoms with Gasteiger partial charge in [0.25, 0.3) is 0 Å². The monoisotopic (exact) mass is 338 g/mol. The highest BCUT2D eigenvalue weighted by molar-refractivity contribution is 5.95. The van der Waals surface area contributed by atoms with Gasteiger partial charge in [0.1, 0.15) is 17.9 Å². The molecule has 1 rings (SSSR count). The summed E-state index contributed by atoms with van der Waals surface area (Å²) in [5, 5.41) is 10.9. The molecule has 8 heteroatoms. The molecule has 0 heterocycles. The average molecular weight is 338 g/mol. The number of hydrogen-bond acceptors (Lipinski definition) is 5. The van der Waals surface area contributed by atoms with Gasteiger partial charge in [0, 0.05) is 12.7 Å². The molecule has 0 saturated carbocycles. The molecule has 2 N–H and O–H groups in total. The van der Waals surface area contributed by atoms with Crippen molar-refractivity contribution in [2.24, 2.45) is 0 Å². The summed E-state index contributed by atoms with van der Waals surface area (Å²) in [6.07, 6.45) is -0.665. The maximum Gasteiger partial charge on any atom is 0.408 e. The largest absolute Gasteiger partial charge is 0.482 e. The number of nitrogens with zero attached hydrogens (tertiary/aromatic N) is 1. The van der Waals surface area contributed by atoms with Crippen molar-refractivity contribution >= 4 is 23.7 Å². The number of carbonyl (C=O) groups excluding carboxylic acids is 2. The molecule has 1 aromatic carbocycles. The lowest BCUT2D eigenvalue weighted by atomic mass is 10.2. The van der Waals surface area contributed by atoms with Crippen LogP contribution in [0.15, 0.2) is 24.3 Å². The number of rotatable bonds is 6. The number of ether oxygens (including phenoxy) is 2. The molecule has 1 aromatic rings. The van der Waals surface area contributed by atoms with Gasteiger partial charge < -0.3 is 24.8 Å². The van der Waals surface area contributed by atoms with E-state index in [0.29, 0.717) is 11.4 Å². The first-order valence-electron chi connectivity index (χ1n) is 7.26. The van der Waals surface area contributed by atoms with Gasteiger partial charge >= 0.3 is 12.1 Å². The standard InChI is InChI=1S/C16H22N2O6/c1-16(2,3)24-15(22)17-9-13(19)18(4)11-5-7-12(8-6-11)23-10-14(20)21/h5-8H,9-10H2,1-4H3,(H,17,22)(H,20,21). The van der Waals surface area contributed by atoms with Crippen LogP contribution in [0.5, 0.6) is 5.75 Å². The van der Waals surface area contributed by atoms with E-state index in [0.717, 1.165) is 0 Å². The molecule has 132 valence electrons. The third-order valence-corrected chi connectivity index (χ3v) is 2.74. The molecule has 0 saturated heterocycles. The maximum absolute atomic E-state index is 12.1. The predicted octanol–water partition coefficient (Wildman–Crippen LogP) is 1.64. The van der Waals surface area contributed by atoms with Gasteiger partial charge in [0.05, 0.1) is 0 Å². The zero-order chi connectivity index (χ0) is 18.3. The van der Waals surface area contributed by atoms with Gasteiger partial charge in [-0.15, -0.1) is 0 Å². The number of aliphatic carboxylic acids is 1. The highest BCUT2D eigenvalue weighted by Crippen LogP contribution is 2.18. The van der Waals surface area contributed by atoms with Crippen LogP contribution in [0.4, 0.5) is 10.5 Å². The number of alkyl carbamates (subject to hydrolysis) is 1. The summed E-state index contributed by atoms with van der Waals surface area (Å²) >= 11 is 0. The van der Waals surface area contributed by atoms with E-state index in [1.807, 2.05) is 0 Å². The molecular weight excluding hydrogens is 316 g/mol. The van der Waals surface area contributed by atoms with Gasteiger partial charge in [-0.2, -0.15) is 0 Å². The van der Waals surface area contributed by atoms with Gasteiger partial charge in [0.2, 0.25) is 5.91 Å². The summed E-state index contributed by atoms with van der Waals surface area (Å²) in [6, 6.07) is 6.35. The van der Waals surface area contributed by atoms with Crippen molar-refractivity contribution < 1.29 is 29.0 Å². The third-order valence-electron chi connectivity index (χ3n) is 2.74. The van der Waals surface area contributed by atoms with Crippen molar-refractivity contribution in [3.63, 3.8) is 0 Å². The number of carboxylic acids is 1. The zero-order valence-corrected chi connectivity index (χ0v) is 14.2. The van der Waals surface area contributed by atoms with Crippen LogP contribution in [0, 0.1) is 0 Å². The van der Waals surface area contributed by atoms with Gasteiger partial charge in [-0.25, -0.2) is 9.59 Å². The molecule has 0 radical (unpaired) electrons. The molecule has 0 unspecified atom stereocenters. The first-order chi connectivity index (χ1) is 11.1. The lowest BCUT2D eigenvalue weighted by Gasteiger charge is -2.21. The molecule has 0 bridgehead atoms. The normalized spacial score (nSPS) is 10.7. The highest BCUT2D eigenvalue weighted by Gasteiger charge is 2.18. The van der Waals surface area contributed by atoms with E-state index >= 15 is 0 Å². The zero-order valence-electron chi connectivity index (χ0n) is 14.2. The van der Waals surface area contributed by atoms with Gasteiger partial charge in [-0.3, -0.25) is 4.79 Å². The van der Waals surface area contributed by atoms with Gasteiger partial charge in [-0.05, 0) is 45.0 Å². The van der Waals surface area contributed by atoms with Crippen molar-refractivity contribution in [2.75, 3.05) is 25.1 Å². The third kappa shape index (κ3) is 6.99. The molecule has 2 amide bonds. The minimum absolute atomic E-state index is 0.206. The number of carboxylic acid groups (broad SMARTS) is 1. The molecule has 0 spiro atoms. The van der Waals surface area contributed by atoms with Crippen molar-refractivity contribution in [2.45, 2.75) is 26.4 Å². The molecule has 0 fully saturated rings. The molecule has 24 heavy (non-hydrogen) atoms. The Kier molecular flexibility index (Phi) is 6.58. The quantitative estimate of drug-likeness (QED) is 0.817. The summed E-state index contributed by atoms with van der Waals surface area (Å²) in [4.78, 5) is 35.4. The Labute approximate surface area is 140 Å². The molecule has 0 aromatic heterocycles. The highest BCUT2D eigenvalue weighted by atomic mass is 16.6. The Bertz CT molecular complexity index is 592. The Morgan fingerprint density at radius 2 is 1.75 bits per heavy atom. The Morgan fingerprint density at radius 3 is 2.25 bits per heavy atom. The van der Waals surface area contributed by atoms with Gasteiger partial charge in [0.15, 0.2) is 6.61 Å². The number of amides is 2. The fourth-order valence-corrected chi connectivity index (χ4v) is 1.64. The summed E-state index contributed by atoms with van der Waals surface area (Å²) in [7, 11) is 1.56. The van der Waals surface area contributed by atoms with E-state index in [4.69, 9.17) is 14.6 Å². The first kappa shape index (κ1) is 19.3. The second-order valence-electron chi connectivity index (χ2n) is 5.98. The van der Waals surface area contributed by atoms with Crippen molar-refractivity contribution in [1.29, 1.82) is 0 Å². The SMILES string of the molecule is CN(C(=O)CNC(=O)OC(C)(C)C)c1ccc(OCC(=O)O)cc1. The number of likely N-dealkylation sites (N-methyl/N-ethyl adjacent to an activating group) is 1. The fraction of sp³-hybridized carbons (Fsp3) is 0.438. The number of anilines is 1. The van der Waals surface area contributed by atoms with E-state index in [9.17, 15) is 14.4 Å². The van der Waals surface area contributed by atoms with E-state index in [1.165, 1.54) is 4.90 Å². The summed E-state index contributed by atoms with van der Waals surface area (Å²) in [5.41, 5.74) is -0.0566. The maximum atomic E-state index is 12.1. The Morgan fingerprint density at radius 1 is 1.17 bits per heavy atom. The first-order valence-corrected chi connectivity index (χ1v) is 7.26. The van der Waals surface area contributed by atoms with Crippen LogP contribution < -0.4 is 15.0 Å². The molecule has 8 nitrogen and oxygen atoms in total. The Balaban J connectivity index is 2.53. The van der Waals surface area contributed by atoms with Crippen LogP contribution in [-0.2, 0) is 14.3 Å². The van der Waals surface area contributed by atoms with Crippen molar-refractivity contribution in [1.82, 2.24) is 5.32 Å². The summed E-state index contributed by atoms with van der Waals surface area (Å²) in [5.74, 6) is -1.02. The van der Waals surface area contributed by atoms with Crippen LogP contribution in [0.25, 0.3) is 0 Å². The molecule has 0 atom stereocenters. The number of benzene rings is 1. The Hall–Kier alpha value is -2.77. The number of hydrogen-bond donors (Lipinski definition) is 2. The molecular formula is C16H22N2O6. The van der Waals surface area contributed by atoms with Crippen LogP contribution >= 0.6 is 0 Å². The van der Waals surface area contributed by atoms with Crippen molar-refractivity contribution in [3.05, 3.63) is 24.3 Å². The average Bonchev–Trinajstić information content (AvgIpc) is 2.48. The lowest BCUT2D eigenvalue weighted by Crippen LogP contribution is -2.40. The van der Waals surface area contributed by atoms with Crippen molar-refractivity contribution in [3.8, 4) is 5.75 Å². The molecule has 0 aliphatic heterocycles. The van der Waals surface area contributed by atoms with Crippen LogP contribution in [0.3, 0.4) is 0 Å². The second kappa shape index (κ2) is 8.19. The predicted molar refractivity (Wildman–Crippen MR) is 87.2 cm³/mol. The smallest absolute Gasteiger partial charge is 0.408 e. The van der Waals surface area contributed by atoms with Gasteiger partial charge in [-0.1, -0.05) is 0 Å². The van der Waals surface area contributed by atoms with Crippen LogP contribution in [0.2, 0.25) is 0 Å². The summed E-state index contributed by atoms with van der Waals surface area (Å²) < 4.78 is 10.1. The van der Waals surface area contributed by atoms with E-state index in [1.54, 1.807) is 52.1 Å². The number of carbonyl (C=O) groups is 3. The van der Waals surface area contributed by atoms with Crippen LogP contribution in [0.1, 0.15) is 20.8 Å². The second-order valence-corrected chi connectivity index (χ2v) is 5.98. The minimum Gasteiger partial charge on any atom is -0.482 e.